The van der Waals surface area contributed by atoms with Gasteiger partial charge in [0.15, 0.2) is 0 Å². The minimum Gasteiger partial charge on any atom is -0.391 e. The number of likely N-dealkylation sites (tertiary alicyclic amines) is 1. The molecule has 12 heteroatoms. The van der Waals surface area contributed by atoms with Gasteiger partial charge < -0.3 is 40.0 Å². The van der Waals surface area contributed by atoms with E-state index in [2.05, 4.69) is 10.6 Å². The summed E-state index contributed by atoms with van der Waals surface area (Å²) in [7, 11) is 4.66. The predicted octanol–water partition coefficient (Wildman–Crippen LogP) is 0.414. The second-order valence-electron chi connectivity index (χ2n) is 11.9. The lowest BCUT2D eigenvalue weighted by atomic mass is 9.99. The molecule has 0 radical (unpaired) electrons. The van der Waals surface area contributed by atoms with Crippen molar-refractivity contribution >= 4 is 29.9 Å². The van der Waals surface area contributed by atoms with Crippen molar-refractivity contribution in [1.29, 1.82) is 0 Å². The van der Waals surface area contributed by atoms with Gasteiger partial charge in [0.25, 0.3) is 0 Å². The Hall–Kier alpha value is -2.57. The molecule has 1 aliphatic rings. The molecule has 41 heavy (non-hydrogen) atoms. The van der Waals surface area contributed by atoms with Gasteiger partial charge in [0, 0.05) is 27.2 Å². The third kappa shape index (κ3) is 11.7. The van der Waals surface area contributed by atoms with Gasteiger partial charge in [-0.1, -0.05) is 27.7 Å². The molecule has 1 heterocycles. The molecule has 3 N–H and O–H groups in total. The first-order chi connectivity index (χ1) is 19.2. The lowest BCUT2D eigenvalue weighted by Gasteiger charge is -2.34. The monoisotopic (exact) mass is 583 g/mol. The number of aldehydes is 1. The molecule has 0 aliphatic carbocycles. The van der Waals surface area contributed by atoms with Crippen LogP contribution in [0.3, 0.4) is 0 Å². The number of ether oxygens (including phenoxy) is 1. The van der Waals surface area contributed by atoms with Gasteiger partial charge in [0.2, 0.25) is 23.6 Å². The van der Waals surface area contributed by atoms with Crippen LogP contribution in [0.1, 0.15) is 66.7 Å². The van der Waals surface area contributed by atoms with E-state index in [4.69, 9.17) is 4.74 Å². The summed E-state index contributed by atoms with van der Waals surface area (Å²) in [6, 6.07) is -3.46. The van der Waals surface area contributed by atoms with Crippen LogP contribution < -0.4 is 10.6 Å². The number of piperidine rings is 1. The minimum absolute atomic E-state index is 0.0467. The Labute approximate surface area is 245 Å². The molecule has 236 valence electrons. The van der Waals surface area contributed by atoms with Crippen LogP contribution in [0.4, 0.5) is 0 Å². The summed E-state index contributed by atoms with van der Waals surface area (Å²) in [6.07, 6.45) is 3.23. The Morgan fingerprint density at radius 1 is 0.951 bits per heavy atom. The molecule has 5 atom stereocenters. The van der Waals surface area contributed by atoms with Crippen molar-refractivity contribution in [3.63, 3.8) is 0 Å². The van der Waals surface area contributed by atoms with E-state index in [-0.39, 0.29) is 43.3 Å². The number of rotatable bonds is 17. The Kier molecular flexibility index (Phi) is 16.1. The molecule has 1 aliphatic heterocycles. The van der Waals surface area contributed by atoms with Crippen molar-refractivity contribution in [2.24, 2.45) is 11.8 Å². The highest BCUT2D eigenvalue weighted by molar-refractivity contribution is 5.94. The van der Waals surface area contributed by atoms with Gasteiger partial charge in [-0.05, 0) is 51.5 Å². The predicted molar refractivity (Wildman–Crippen MR) is 156 cm³/mol. The van der Waals surface area contributed by atoms with Crippen molar-refractivity contribution in [2.75, 3.05) is 47.4 Å². The molecule has 0 aromatic rings. The van der Waals surface area contributed by atoms with Crippen molar-refractivity contribution in [2.45, 2.75) is 97.0 Å². The SMILES string of the molecule is CNC(CC(=O)N(C)[C@H](C(=O)N[C@@H](COCC(C)O)C(=O)N(C)[C@H](C=O)CC(C)C)C(C)C)C(=O)N1CCCCC1. The smallest absolute Gasteiger partial charge is 0.247 e. The average Bonchev–Trinajstić information content (AvgIpc) is 2.92. The highest BCUT2D eigenvalue weighted by Crippen LogP contribution is 2.16. The molecule has 1 rings (SSSR count). The first-order valence-electron chi connectivity index (χ1n) is 14.7. The van der Waals surface area contributed by atoms with Crippen LogP contribution in [0, 0.1) is 11.8 Å². The summed E-state index contributed by atoms with van der Waals surface area (Å²) in [5, 5.41) is 15.3. The molecule has 12 nitrogen and oxygen atoms in total. The van der Waals surface area contributed by atoms with E-state index in [9.17, 15) is 29.1 Å². The van der Waals surface area contributed by atoms with Crippen LogP contribution in [0.15, 0.2) is 0 Å². The summed E-state index contributed by atoms with van der Waals surface area (Å²) >= 11 is 0. The zero-order valence-electron chi connectivity index (χ0n) is 26.2. The van der Waals surface area contributed by atoms with E-state index < -0.39 is 42.1 Å². The molecule has 0 bridgehead atoms. The maximum absolute atomic E-state index is 13.6. The topological polar surface area (TPSA) is 149 Å². The van der Waals surface area contributed by atoms with Gasteiger partial charge in [0.05, 0.1) is 37.8 Å². The molecular weight excluding hydrogens is 530 g/mol. The highest BCUT2D eigenvalue weighted by atomic mass is 16.5. The Balaban J connectivity index is 3.08. The maximum atomic E-state index is 13.6. The van der Waals surface area contributed by atoms with E-state index in [0.717, 1.165) is 19.3 Å². The number of aliphatic hydroxyl groups excluding tert-OH is 1. The third-order valence-electron chi connectivity index (χ3n) is 7.38. The molecule has 0 aromatic carbocycles. The Morgan fingerprint density at radius 2 is 1.56 bits per heavy atom. The van der Waals surface area contributed by atoms with Gasteiger partial charge in [-0.3, -0.25) is 19.2 Å². The number of aliphatic hydroxyl groups is 1. The quantitative estimate of drug-likeness (QED) is 0.209. The van der Waals surface area contributed by atoms with Gasteiger partial charge in [-0.25, -0.2) is 0 Å². The second kappa shape index (κ2) is 18.1. The number of likely N-dealkylation sites (N-methyl/N-ethyl adjacent to an activating group) is 3. The van der Waals surface area contributed by atoms with Gasteiger partial charge >= 0.3 is 0 Å². The third-order valence-corrected chi connectivity index (χ3v) is 7.38. The van der Waals surface area contributed by atoms with Crippen molar-refractivity contribution in [3.8, 4) is 0 Å². The summed E-state index contributed by atoms with van der Waals surface area (Å²) in [4.78, 5) is 69.5. The van der Waals surface area contributed by atoms with Gasteiger partial charge in [-0.15, -0.1) is 0 Å². The normalized spacial score (nSPS) is 17.4. The number of carbonyl (C=O) groups excluding carboxylic acids is 5. The molecule has 1 fully saturated rings. The number of hydrogen-bond donors (Lipinski definition) is 3. The summed E-state index contributed by atoms with van der Waals surface area (Å²) in [5.41, 5.74) is 0. The molecule has 0 saturated carbocycles. The average molecular weight is 584 g/mol. The molecule has 4 amide bonds. The summed E-state index contributed by atoms with van der Waals surface area (Å²) in [6.45, 7) is 10.1. The Morgan fingerprint density at radius 3 is 2.05 bits per heavy atom. The van der Waals surface area contributed by atoms with Crippen LogP contribution in [-0.4, -0.2) is 127 Å². The van der Waals surface area contributed by atoms with Crippen molar-refractivity contribution in [1.82, 2.24) is 25.3 Å². The van der Waals surface area contributed by atoms with Crippen LogP contribution in [0.2, 0.25) is 0 Å². The zero-order chi connectivity index (χ0) is 31.3. The lowest BCUT2D eigenvalue weighted by molar-refractivity contribution is -0.146. The number of hydrogen-bond acceptors (Lipinski definition) is 8. The van der Waals surface area contributed by atoms with Crippen molar-refractivity contribution < 1.29 is 33.8 Å². The highest BCUT2D eigenvalue weighted by Gasteiger charge is 2.36. The molecule has 0 aromatic heterocycles. The van der Waals surface area contributed by atoms with Crippen LogP contribution in [0.25, 0.3) is 0 Å². The van der Waals surface area contributed by atoms with E-state index in [1.165, 1.54) is 30.8 Å². The number of nitrogens with zero attached hydrogens (tertiary/aromatic N) is 3. The van der Waals surface area contributed by atoms with Crippen LogP contribution in [-0.2, 0) is 28.7 Å². The molecule has 0 spiro atoms. The fourth-order valence-electron chi connectivity index (χ4n) is 5.03. The van der Waals surface area contributed by atoms with E-state index in [1.807, 2.05) is 13.8 Å². The molecular formula is C29H53N5O7. The zero-order valence-corrected chi connectivity index (χ0v) is 26.2. The maximum Gasteiger partial charge on any atom is 0.247 e. The van der Waals surface area contributed by atoms with E-state index >= 15 is 0 Å². The fraction of sp³-hybridized carbons (Fsp3) is 0.828. The number of nitrogens with one attached hydrogen (secondary N) is 2. The summed E-state index contributed by atoms with van der Waals surface area (Å²) in [5.74, 6) is -1.74. The Bertz CT molecular complexity index is 860. The largest absolute Gasteiger partial charge is 0.391 e. The standard InChI is InChI=1S/C29H53N5O7/c1-19(2)14-22(16-35)32(7)28(39)24(18-41-17-21(5)36)31-27(38)26(20(3)4)33(8)25(37)15-23(30-6)29(40)34-12-10-9-11-13-34/h16,19-24,26,30,36H,9-15,17-18H2,1-8H3,(H,31,38)/t21?,22-,23?,24-,26-/m0/s1. The van der Waals surface area contributed by atoms with E-state index in [1.54, 1.807) is 25.8 Å². The molecule has 2 unspecified atom stereocenters. The van der Waals surface area contributed by atoms with Gasteiger partial charge in [-0.2, -0.15) is 0 Å². The first-order valence-corrected chi connectivity index (χ1v) is 14.7. The summed E-state index contributed by atoms with van der Waals surface area (Å²) < 4.78 is 5.49. The van der Waals surface area contributed by atoms with Gasteiger partial charge in [0.1, 0.15) is 18.4 Å². The first kappa shape index (κ1) is 36.5. The molecule has 1 saturated heterocycles. The van der Waals surface area contributed by atoms with Crippen molar-refractivity contribution in [3.05, 3.63) is 0 Å². The van der Waals surface area contributed by atoms with Crippen LogP contribution in [0.5, 0.6) is 0 Å². The van der Waals surface area contributed by atoms with Crippen LogP contribution >= 0.6 is 0 Å². The fourth-order valence-corrected chi connectivity index (χ4v) is 5.03. The lowest BCUT2D eigenvalue weighted by Crippen LogP contribution is -2.58. The van der Waals surface area contributed by atoms with E-state index in [0.29, 0.717) is 25.8 Å². The second-order valence-corrected chi connectivity index (χ2v) is 11.9. The number of carbonyl (C=O) groups is 5. The minimum atomic E-state index is -1.14. The number of amides is 4.